The molecule has 2 aromatic rings. The van der Waals surface area contributed by atoms with E-state index in [1.54, 1.807) is 18.5 Å². The number of benzene rings is 1. The largest absolute Gasteiger partial charge is 0.481 e. The van der Waals surface area contributed by atoms with E-state index in [1.807, 2.05) is 6.92 Å². The molecule has 0 aliphatic carbocycles. The molecule has 1 aromatic carbocycles. The van der Waals surface area contributed by atoms with E-state index in [-0.39, 0.29) is 23.4 Å². The Hall–Kier alpha value is -2.75. The van der Waals surface area contributed by atoms with Crippen molar-refractivity contribution >= 4 is 22.0 Å². The van der Waals surface area contributed by atoms with Crippen molar-refractivity contribution in [3.8, 4) is 5.75 Å². The molecule has 8 nitrogen and oxygen atoms in total. The molecule has 0 unspecified atom stereocenters. The number of ether oxygens (including phenoxy) is 1. The number of hydrogen-bond acceptors (Lipinski definition) is 6. The summed E-state index contributed by atoms with van der Waals surface area (Å²) in [5.74, 6) is -0.227. The third-order valence-corrected chi connectivity index (χ3v) is 6.55. The van der Waals surface area contributed by atoms with Crippen LogP contribution in [0.5, 0.6) is 5.75 Å². The van der Waals surface area contributed by atoms with Crippen molar-refractivity contribution in [2.24, 2.45) is 5.10 Å². The Labute approximate surface area is 168 Å². The second-order valence-corrected chi connectivity index (χ2v) is 9.26. The third kappa shape index (κ3) is 5.00. The summed E-state index contributed by atoms with van der Waals surface area (Å²) in [4.78, 5) is 12.1. The number of carbonyl (C=O) groups excluding carboxylic acids is 1. The lowest BCUT2D eigenvalue weighted by Gasteiger charge is -2.12. The van der Waals surface area contributed by atoms with E-state index in [9.17, 15) is 17.6 Å². The van der Waals surface area contributed by atoms with Crippen molar-refractivity contribution < 1.29 is 22.3 Å². The lowest BCUT2D eigenvalue weighted by molar-refractivity contribution is -0.127. The van der Waals surface area contributed by atoms with Crippen molar-refractivity contribution in [3.63, 3.8) is 0 Å². The van der Waals surface area contributed by atoms with Crippen molar-refractivity contribution in [3.05, 3.63) is 47.0 Å². The third-order valence-electron chi connectivity index (χ3n) is 4.80. The van der Waals surface area contributed by atoms with Gasteiger partial charge in [0, 0.05) is 11.3 Å². The molecular weight excluding hydrogens is 399 g/mol. The number of halogens is 1. The van der Waals surface area contributed by atoms with E-state index < -0.39 is 21.8 Å². The minimum absolute atomic E-state index is 0.0838. The lowest BCUT2D eigenvalue weighted by Crippen LogP contribution is -2.33. The van der Waals surface area contributed by atoms with Gasteiger partial charge < -0.3 is 4.74 Å². The van der Waals surface area contributed by atoms with E-state index in [1.165, 1.54) is 30.5 Å². The Bertz CT molecular complexity index is 1030. The molecule has 3 rings (SSSR count). The fourth-order valence-electron chi connectivity index (χ4n) is 3.21. The summed E-state index contributed by atoms with van der Waals surface area (Å²) < 4.78 is 43.6. The van der Waals surface area contributed by atoms with Crippen molar-refractivity contribution in [2.45, 2.75) is 39.3 Å². The summed E-state index contributed by atoms with van der Waals surface area (Å²) in [6.07, 6.45) is 1.20. The second-order valence-electron chi connectivity index (χ2n) is 7.03. The fraction of sp³-hybridized carbons (Fsp3) is 0.421. The standard InChI is InChI=1S/C19H23FN4O4S/c1-12-18(13(2)24(23-12)16-8-9-29(26,27)11-16)10-21-22-19(25)14(3)28-17-6-4-15(20)5-7-17/h4-7,10,14,16H,8-9,11H2,1-3H3,(H,22,25)/b21-10-/t14-,16-/m0/s1. The van der Waals surface area contributed by atoms with Gasteiger partial charge in [-0.25, -0.2) is 18.2 Å². The quantitative estimate of drug-likeness (QED) is 0.566. The van der Waals surface area contributed by atoms with Crippen molar-refractivity contribution in [2.75, 3.05) is 11.5 Å². The van der Waals surface area contributed by atoms with Crippen LogP contribution in [-0.4, -0.2) is 47.9 Å². The van der Waals surface area contributed by atoms with E-state index >= 15 is 0 Å². The highest BCUT2D eigenvalue weighted by Crippen LogP contribution is 2.26. The number of carbonyl (C=O) groups is 1. The van der Waals surface area contributed by atoms with Gasteiger partial charge >= 0.3 is 0 Å². The molecule has 0 spiro atoms. The predicted octanol–water partition coefficient (Wildman–Crippen LogP) is 1.92. The Balaban J connectivity index is 1.62. The maximum Gasteiger partial charge on any atom is 0.280 e. The van der Waals surface area contributed by atoms with Gasteiger partial charge in [-0.3, -0.25) is 9.48 Å². The lowest BCUT2D eigenvalue weighted by atomic mass is 10.2. The van der Waals surface area contributed by atoms with Crippen molar-refractivity contribution in [1.29, 1.82) is 0 Å². The average molecular weight is 422 g/mol. The number of hydrogen-bond donors (Lipinski definition) is 1. The van der Waals surface area contributed by atoms with Crippen LogP contribution >= 0.6 is 0 Å². The molecule has 0 radical (unpaired) electrons. The van der Waals surface area contributed by atoms with Gasteiger partial charge in [0.05, 0.1) is 29.5 Å². The normalized spacial score (nSPS) is 19.4. The molecule has 1 saturated heterocycles. The van der Waals surface area contributed by atoms with Crippen LogP contribution in [0.2, 0.25) is 0 Å². The SMILES string of the molecule is Cc1nn([C@H]2CCS(=O)(=O)C2)c(C)c1/C=N\NC(=O)[C@H](C)Oc1ccc(F)cc1. The topological polar surface area (TPSA) is 103 Å². The van der Waals surface area contributed by atoms with Gasteiger partial charge in [0.1, 0.15) is 11.6 Å². The Kier molecular flexibility index (Phi) is 6.02. The number of aryl methyl sites for hydroxylation is 1. The van der Waals surface area contributed by atoms with E-state index in [0.717, 1.165) is 11.3 Å². The molecule has 2 heterocycles. The van der Waals surface area contributed by atoms with E-state index in [2.05, 4.69) is 15.6 Å². The molecule has 1 N–H and O–H groups in total. The minimum atomic E-state index is -3.02. The summed E-state index contributed by atoms with van der Waals surface area (Å²) in [6, 6.07) is 5.19. The van der Waals surface area contributed by atoms with E-state index in [0.29, 0.717) is 17.9 Å². The van der Waals surface area contributed by atoms with Crippen LogP contribution in [-0.2, 0) is 14.6 Å². The highest BCUT2D eigenvalue weighted by atomic mass is 32.2. The number of nitrogens with zero attached hydrogens (tertiary/aromatic N) is 3. The Morgan fingerprint density at radius 2 is 2.07 bits per heavy atom. The summed E-state index contributed by atoms with van der Waals surface area (Å²) >= 11 is 0. The monoisotopic (exact) mass is 422 g/mol. The smallest absolute Gasteiger partial charge is 0.280 e. The van der Waals surface area contributed by atoms with Crippen LogP contribution in [0.15, 0.2) is 29.4 Å². The molecule has 1 amide bonds. The van der Waals surface area contributed by atoms with Crippen LogP contribution in [0.25, 0.3) is 0 Å². The summed E-state index contributed by atoms with van der Waals surface area (Å²) in [6.45, 7) is 5.20. The summed E-state index contributed by atoms with van der Waals surface area (Å²) in [5, 5.41) is 8.42. The van der Waals surface area contributed by atoms with Gasteiger partial charge in [0.2, 0.25) is 0 Å². The summed E-state index contributed by atoms with van der Waals surface area (Å²) in [7, 11) is -3.02. The molecule has 1 fully saturated rings. The Morgan fingerprint density at radius 1 is 1.38 bits per heavy atom. The number of rotatable bonds is 6. The number of aromatic nitrogens is 2. The first-order valence-electron chi connectivity index (χ1n) is 9.17. The molecule has 156 valence electrons. The highest BCUT2D eigenvalue weighted by Gasteiger charge is 2.31. The number of amides is 1. The molecule has 29 heavy (non-hydrogen) atoms. The fourth-order valence-corrected chi connectivity index (χ4v) is 4.90. The first kappa shape index (κ1) is 21.0. The average Bonchev–Trinajstić information content (AvgIpc) is 3.16. The maximum atomic E-state index is 12.9. The van der Waals surface area contributed by atoms with Crippen molar-refractivity contribution in [1.82, 2.24) is 15.2 Å². The Morgan fingerprint density at radius 3 is 2.69 bits per heavy atom. The first-order valence-corrected chi connectivity index (χ1v) is 11.0. The highest BCUT2D eigenvalue weighted by molar-refractivity contribution is 7.91. The van der Waals surface area contributed by atoms with Gasteiger partial charge in [0.25, 0.3) is 5.91 Å². The maximum absolute atomic E-state index is 12.9. The van der Waals surface area contributed by atoms with Gasteiger partial charge in [-0.1, -0.05) is 0 Å². The molecule has 1 aromatic heterocycles. The number of hydrazone groups is 1. The van der Waals surface area contributed by atoms with Gasteiger partial charge in [-0.05, 0) is 51.5 Å². The minimum Gasteiger partial charge on any atom is -0.481 e. The molecule has 0 saturated carbocycles. The summed E-state index contributed by atoms with van der Waals surface area (Å²) in [5.41, 5.74) is 4.62. The first-order chi connectivity index (χ1) is 13.7. The second kappa shape index (κ2) is 8.32. The predicted molar refractivity (Wildman–Crippen MR) is 106 cm³/mol. The van der Waals surface area contributed by atoms with Crippen LogP contribution in [0.4, 0.5) is 4.39 Å². The molecule has 1 aliphatic rings. The molecule has 1 aliphatic heterocycles. The van der Waals surface area contributed by atoms with Gasteiger partial charge in [-0.15, -0.1) is 0 Å². The zero-order valence-corrected chi connectivity index (χ0v) is 17.2. The van der Waals surface area contributed by atoms with Gasteiger partial charge in [-0.2, -0.15) is 10.2 Å². The van der Waals surface area contributed by atoms with Crippen LogP contribution < -0.4 is 10.2 Å². The van der Waals surface area contributed by atoms with Crippen LogP contribution in [0.1, 0.15) is 36.3 Å². The molecular formula is C19H23FN4O4S. The molecule has 0 bridgehead atoms. The molecule has 2 atom stereocenters. The zero-order valence-electron chi connectivity index (χ0n) is 16.4. The van der Waals surface area contributed by atoms with E-state index in [4.69, 9.17) is 4.74 Å². The van der Waals surface area contributed by atoms with Crippen LogP contribution in [0, 0.1) is 19.7 Å². The number of nitrogens with one attached hydrogen (secondary N) is 1. The number of sulfone groups is 1. The molecule has 10 heteroatoms. The van der Waals surface area contributed by atoms with Gasteiger partial charge in [0.15, 0.2) is 15.9 Å². The zero-order chi connectivity index (χ0) is 21.2. The van der Waals surface area contributed by atoms with Crippen LogP contribution in [0.3, 0.4) is 0 Å².